The quantitative estimate of drug-likeness (QED) is 0.429. The van der Waals surface area contributed by atoms with Gasteiger partial charge in [-0.05, 0) is 63.7 Å². The van der Waals surface area contributed by atoms with Crippen LogP contribution in [0.1, 0.15) is 21.7 Å². The van der Waals surface area contributed by atoms with E-state index in [1.54, 1.807) is 0 Å². The third kappa shape index (κ3) is 4.25. The van der Waals surface area contributed by atoms with Crippen molar-refractivity contribution in [2.45, 2.75) is 13.5 Å². The van der Waals surface area contributed by atoms with E-state index < -0.39 is 5.97 Å². The molecule has 0 radical (unpaired) electrons. The number of benzene rings is 3. The number of hydrogen-bond donors (Lipinski definition) is 1. The van der Waals surface area contributed by atoms with Crippen molar-refractivity contribution in [3.8, 4) is 39.6 Å². The van der Waals surface area contributed by atoms with Crippen LogP contribution in [0.4, 0.5) is 0 Å². The van der Waals surface area contributed by atoms with Gasteiger partial charge in [-0.25, -0.2) is 4.79 Å². The molecule has 0 saturated carbocycles. The summed E-state index contributed by atoms with van der Waals surface area (Å²) in [5.41, 5.74) is 6.43. The van der Waals surface area contributed by atoms with E-state index in [9.17, 15) is 4.79 Å². The highest BCUT2D eigenvalue weighted by Gasteiger charge is 2.15. The van der Waals surface area contributed by atoms with Crippen molar-refractivity contribution in [1.82, 2.24) is 5.16 Å². The predicted molar refractivity (Wildman–Crippen MR) is 121 cm³/mol. The molecular weight excluding hydrogens is 422 g/mol. The van der Waals surface area contributed by atoms with Crippen LogP contribution in [0.5, 0.6) is 17.4 Å². The minimum Gasteiger partial charge on any atom is -0.486 e. The van der Waals surface area contributed by atoms with Gasteiger partial charge >= 0.3 is 5.97 Å². The third-order valence-corrected chi connectivity index (χ3v) is 5.51. The maximum absolute atomic E-state index is 10.9. The molecule has 0 bridgehead atoms. The normalized spacial score (nSPS) is 12.4. The average Bonchev–Trinajstić information content (AvgIpc) is 3.32. The Kier molecular flexibility index (Phi) is 5.44. The predicted octanol–water partition coefficient (Wildman–Crippen LogP) is 5.37. The Bertz CT molecular complexity index is 1330. The van der Waals surface area contributed by atoms with Gasteiger partial charge in [0.2, 0.25) is 5.76 Å². The van der Waals surface area contributed by atoms with Gasteiger partial charge in [-0.3, -0.25) is 0 Å². The Labute approximate surface area is 190 Å². The van der Waals surface area contributed by atoms with E-state index in [-0.39, 0.29) is 18.2 Å². The number of aromatic nitrogens is 1. The third-order valence-electron chi connectivity index (χ3n) is 5.51. The van der Waals surface area contributed by atoms with E-state index in [0.29, 0.717) is 13.2 Å². The van der Waals surface area contributed by atoms with Gasteiger partial charge in [-0.1, -0.05) is 42.5 Å². The van der Waals surface area contributed by atoms with Gasteiger partial charge in [-0.15, -0.1) is 0 Å². The summed E-state index contributed by atoms with van der Waals surface area (Å²) in [5.74, 6) is 0.225. The largest absolute Gasteiger partial charge is 0.486 e. The molecule has 1 aliphatic rings. The minimum atomic E-state index is -1.19. The van der Waals surface area contributed by atoms with Crippen molar-refractivity contribution in [1.29, 1.82) is 0 Å². The molecular formula is C26H21NO6. The van der Waals surface area contributed by atoms with Gasteiger partial charge in [0.15, 0.2) is 11.5 Å². The Morgan fingerprint density at radius 1 is 0.939 bits per heavy atom. The van der Waals surface area contributed by atoms with Gasteiger partial charge in [0.05, 0.1) is 6.07 Å². The van der Waals surface area contributed by atoms with Crippen molar-refractivity contribution >= 4 is 5.97 Å². The van der Waals surface area contributed by atoms with Gasteiger partial charge in [-0.2, -0.15) is 0 Å². The van der Waals surface area contributed by atoms with Crippen LogP contribution in [0.15, 0.2) is 71.3 Å². The van der Waals surface area contributed by atoms with E-state index in [2.05, 4.69) is 30.3 Å². The highest BCUT2D eigenvalue weighted by molar-refractivity contribution is 5.84. The lowest BCUT2D eigenvalue weighted by Gasteiger charge is -2.20. The highest BCUT2D eigenvalue weighted by atomic mass is 16.6. The molecule has 33 heavy (non-hydrogen) atoms. The minimum absolute atomic E-state index is 0.134. The molecule has 0 unspecified atom stereocenters. The van der Waals surface area contributed by atoms with Crippen LogP contribution in [0.2, 0.25) is 0 Å². The summed E-state index contributed by atoms with van der Waals surface area (Å²) in [6.45, 7) is 3.46. The monoisotopic (exact) mass is 443 g/mol. The van der Waals surface area contributed by atoms with Gasteiger partial charge in [0.25, 0.3) is 5.88 Å². The molecule has 166 valence electrons. The van der Waals surface area contributed by atoms with Crippen LogP contribution in [-0.2, 0) is 6.61 Å². The summed E-state index contributed by atoms with van der Waals surface area (Å²) >= 11 is 0. The molecule has 4 aromatic rings. The molecule has 0 atom stereocenters. The fourth-order valence-corrected chi connectivity index (χ4v) is 3.89. The van der Waals surface area contributed by atoms with E-state index in [0.717, 1.165) is 44.9 Å². The topological polar surface area (TPSA) is 91.0 Å². The zero-order valence-corrected chi connectivity index (χ0v) is 17.9. The molecule has 3 aromatic carbocycles. The Hall–Kier alpha value is -4.26. The van der Waals surface area contributed by atoms with Crippen molar-refractivity contribution < 1.29 is 28.6 Å². The summed E-state index contributed by atoms with van der Waals surface area (Å²) in [5, 5.41) is 12.6. The summed E-state index contributed by atoms with van der Waals surface area (Å²) < 4.78 is 21.7. The molecule has 0 saturated heterocycles. The van der Waals surface area contributed by atoms with Crippen molar-refractivity contribution in [2.75, 3.05) is 13.2 Å². The number of fused-ring (bicyclic) bond motifs is 1. The number of nitrogens with zero attached hydrogens (tertiary/aromatic N) is 1. The molecule has 5 rings (SSSR count). The number of aromatic carboxylic acids is 1. The molecule has 7 heteroatoms. The summed E-state index contributed by atoms with van der Waals surface area (Å²) in [4.78, 5) is 10.9. The fraction of sp³-hybridized carbons (Fsp3) is 0.154. The number of carboxylic acid groups (broad SMARTS) is 1. The zero-order valence-electron chi connectivity index (χ0n) is 17.9. The SMILES string of the molecule is Cc1c(-c2cccc(COc3cc(C(=O)O)on3)c2)cccc1-c1ccc2c(c1)OCCO2. The van der Waals surface area contributed by atoms with Gasteiger partial charge in [0.1, 0.15) is 19.8 Å². The lowest BCUT2D eigenvalue weighted by Crippen LogP contribution is -2.15. The second-order valence-electron chi connectivity index (χ2n) is 7.66. The van der Waals surface area contributed by atoms with E-state index in [1.165, 1.54) is 6.07 Å². The lowest BCUT2D eigenvalue weighted by molar-refractivity contribution is 0.0651. The zero-order chi connectivity index (χ0) is 22.8. The fourth-order valence-electron chi connectivity index (χ4n) is 3.89. The molecule has 7 nitrogen and oxygen atoms in total. The van der Waals surface area contributed by atoms with Crippen molar-refractivity contribution in [3.63, 3.8) is 0 Å². The van der Waals surface area contributed by atoms with E-state index >= 15 is 0 Å². The number of ether oxygens (including phenoxy) is 3. The van der Waals surface area contributed by atoms with Crippen molar-refractivity contribution in [2.24, 2.45) is 0 Å². The Morgan fingerprint density at radius 3 is 2.42 bits per heavy atom. The molecule has 1 N–H and O–H groups in total. The molecule has 1 aromatic heterocycles. The second-order valence-corrected chi connectivity index (χ2v) is 7.66. The first-order valence-corrected chi connectivity index (χ1v) is 10.5. The standard InChI is InChI=1S/C26H21NO6/c1-16-20(6-3-7-21(16)19-8-9-22-23(13-19)31-11-10-30-22)18-5-2-4-17(12-18)15-32-25-14-24(26(28)29)33-27-25/h2-9,12-14H,10-11,15H2,1H3,(H,28,29). The van der Waals surface area contributed by atoms with E-state index in [1.807, 2.05) is 42.5 Å². The molecule has 1 aliphatic heterocycles. The van der Waals surface area contributed by atoms with Crippen molar-refractivity contribution in [3.05, 3.63) is 83.6 Å². The Morgan fingerprint density at radius 2 is 1.67 bits per heavy atom. The summed E-state index contributed by atoms with van der Waals surface area (Å²) in [6.07, 6.45) is 0. The lowest BCUT2D eigenvalue weighted by atomic mass is 9.92. The van der Waals surface area contributed by atoms with Crippen LogP contribution < -0.4 is 14.2 Å². The average molecular weight is 443 g/mol. The number of hydrogen-bond acceptors (Lipinski definition) is 6. The maximum atomic E-state index is 10.9. The van der Waals surface area contributed by atoms with Crippen LogP contribution in [0.25, 0.3) is 22.3 Å². The molecule has 0 amide bonds. The first-order chi connectivity index (χ1) is 16.1. The number of carbonyl (C=O) groups is 1. The van der Waals surface area contributed by atoms with Crippen LogP contribution >= 0.6 is 0 Å². The molecule has 2 heterocycles. The smallest absolute Gasteiger partial charge is 0.374 e. The van der Waals surface area contributed by atoms with Crippen LogP contribution in [0, 0.1) is 6.92 Å². The highest BCUT2D eigenvalue weighted by Crippen LogP contribution is 2.37. The molecule has 0 aliphatic carbocycles. The maximum Gasteiger partial charge on any atom is 0.374 e. The molecule has 0 fully saturated rings. The van der Waals surface area contributed by atoms with Crippen LogP contribution in [0.3, 0.4) is 0 Å². The van der Waals surface area contributed by atoms with Gasteiger partial charge < -0.3 is 23.8 Å². The number of rotatable bonds is 6. The second kappa shape index (κ2) is 8.70. The number of carboxylic acids is 1. The van der Waals surface area contributed by atoms with Gasteiger partial charge in [0, 0.05) is 0 Å². The summed E-state index contributed by atoms with van der Waals surface area (Å²) in [7, 11) is 0. The first kappa shape index (κ1) is 20.6. The summed E-state index contributed by atoms with van der Waals surface area (Å²) in [6, 6.07) is 21.5. The Balaban J connectivity index is 1.40. The van der Waals surface area contributed by atoms with E-state index in [4.69, 9.17) is 23.8 Å². The first-order valence-electron chi connectivity index (χ1n) is 10.5. The molecule has 0 spiro atoms. The van der Waals surface area contributed by atoms with Crippen LogP contribution in [-0.4, -0.2) is 29.4 Å².